The SMILES string of the molecule is CS(=O)(=O)CS(=O)(=O)N1CCOC(C#N)C1. The van der Waals surface area contributed by atoms with Crippen molar-refractivity contribution < 1.29 is 21.6 Å². The molecule has 9 heteroatoms. The molecule has 0 radical (unpaired) electrons. The van der Waals surface area contributed by atoms with Gasteiger partial charge in [-0.2, -0.15) is 9.57 Å². The normalized spacial score (nSPS) is 23.9. The van der Waals surface area contributed by atoms with Crippen LogP contribution in [0.2, 0.25) is 0 Å². The summed E-state index contributed by atoms with van der Waals surface area (Å²) in [5.74, 6) is 0. The molecule has 1 unspecified atom stereocenters. The number of nitrogens with zero attached hydrogens (tertiary/aromatic N) is 2. The zero-order valence-corrected chi connectivity index (χ0v) is 10.3. The molecule has 1 aliphatic heterocycles. The van der Waals surface area contributed by atoms with Crippen LogP contribution >= 0.6 is 0 Å². The highest BCUT2D eigenvalue weighted by molar-refractivity contribution is 8.06. The van der Waals surface area contributed by atoms with Crippen molar-refractivity contribution in [2.24, 2.45) is 0 Å². The summed E-state index contributed by atoms with van der Waals surface area (Å²) < 4.78 is 51.1. The van der Waals surface area contributed by atoms with E-state index in [9.17, 15) is 16.8 Å². The van der Waals surface area contributed by atoms with Gasteiger partial charge < -0.3 is 4.74 Å². The molecule has 1 heterocycles. The van der Waals surface area contributed by atoms with Crippen molar-refractivity contribution in [3.8, 4) is 6.07 Å². The molecule has 0 aromatic rings. The summed E-state index contributed by atoms with van der Waals surface area (Å²) in [5, 5.41) is 7.66. The highest BCUT2D eigenvalue weighted by atomic mass is 32.3. The van der Waals surface area contributed by atoms with E-state index in [0.717, 1.165) is 10.6 Å². The first-order valence-corrected chi connectivity index (χ1v) is 8.08. The van der Waals surface area contributed by atoms with Crippen LogP contribution in [0.1, 0.15) is 0 Å². The lowest BCUT2D eigenvalue weighted by molar-refractivity contribution is 0.0313. The van der Waals surface area contributed by atoms with Gasteiger partial charge in [-0.25, -0.2) is 16.8 Å². The van der Waals surface area contributed by atoms with Crippen molar-refractivity contribution >= 4 is 19.9 Å². The Balaban J connectivity index is 2.81. The molecule has 92 valence electrons. The van der Waals surface area contributed by atoms with Crippen LogP contribution in [0.5, 0.6) is 0 Å². The van der Waals surface area contributed by atoms with E-state index in [1.54, 1.807) is 6.07 Å². The predicted octanol–water partition coefficient (Wildman–Crippen LogP) is -1.46. The Morgan fingerprint density at radius 3 is 2.56 bits per heavy atom. The summed E-state index contributed by atoms with van der Waals surface area (Å²) in [7, 11) is -7.48. The Hall–Kier alpha value is -0.690. The van der Waals surface area contributed by atoms with Crippen LogP contribution in [-0.2, 0) is 24.6 Å². The minimum Gasteiger partial charge on any atom is -0.361 e. The molecular weight excluding hydrogens is 256 g/mol. The van der Waals surface area contributed by atoms with E-state index in [2.05, 4.69) is 0 Å². The number of rotatable bonds is 3. The van der Waals surface area contributed by atoms with Crippen LogP contribution in [0.3, 0.4) is 0 Å². The molecule has 0 amide bonds. The van der Waals surface area contributed by atoms with E-state index in [1.165, 1.54) is 0 Å². The third kappa shape index (κ3) is 3.71. The smallest absolute Gasteiger partial charge is 0.228 e. The van der Waals surface area contributed by atoms with Crippen molar-refractivity contribution in [1.82, 2.24) is 4.31 Å². The molecule has 0 aliphatic carbocycles. The minimum absolute atomic E-state index is 0.0794. The van der Waals surface area contributed by atoms with Gasteiger partial charge in [0.2, 0.25) is 10.0 Å². The van der Waals surface area contributed by atoms with Gasteiger partial charge in [0.15, 0.2) is 21.0 Å². The van der Waals surface area contributed by atoms with Crippen LogP contribution in [0.25, 0.3) is 0 Å². The van der Waals surface area contributed by atoms with E-state index in [4.69, 9.17) is 10.00 Å². The first kappa shape index (κ1) is 13.4. The van der Waals surface area contributed by atoms with Gasteiger partial charge in [0.1, 0.15) is 0 Å². The molecule has 1 saturated heterocycles. The molecule has 0 saturated carbocycles. The summed E-state index contributed by atoms with van der Waals surface area (Å²) in [6.07, 6.45) is 0.0235. The maximum absolute atomic E-state index is 11.6. The van der Waals surface area contributed by atoms with Crippen molar-refractivity contribution in [3.63, 3.8) is 0 Å². The molecule has 0 aromatic carbocycles. The van der Waals surface area contributed by atoms with Gasteiger partial charge in [-0.3, -0.25) is 0 Å². The van der Waals surface area contributed by atoms with Crippen LogP contribution in [-0.4, -0.2) is 58.3 Å². The summed E-state index contributed by atoms with van der Waals surface area (Å²) in [6, 6.07) is 1.79. The zero-order chi connectivity index (χ0) is 12.4. The fourth-order valence-electron chi connectivity index (χ4n) is 1.30. The molecule has 0 spiro atoms. The van der Waals surface area contributed by atoms with Gasteiger partial charge in [-0.1, -0.05) is 0 Å². The molecule has 1 atom stereocenters. The maximum atomic E-state index is 11.6. The van der Waals surface area contributed by atoms with E-state index >= 15 is 0 Å². The quantitative estimate of drug-likeness (QED) is 0.619. The second-order valence-corrected chi connectivity index (χ2v) is 7.98. The monoisotopic (exact) mass is 268 g/mol. The van der Waals surface area contributed by atoms with Crippen LogP contribution in [0.15, 0.2) is 0 Å². The number of nitriles is 1. The van der Waals surface area contributed by atoms with Crippen molar-refractivity contribution in [1.29, 1.82) is 5.26 Å². The molecule has 16 heavy (non-hydrogen) atoms. The molecule has 1 aliphatic rings. The van der Waals surface area contributed by atoms with E-state index < -0.39 is 31.0 Å². The third-order valence-corrected chi connectivity index (χ3v) is 5.95. The molecule has 1 fully saturated rings. The van der Waals surface area contributed by atoms with Crippen LogP contribution < -0.4 is 0 Å². The number of morpholine rings is 1. The number of sulfone groups is 1. The lowest BCUT2D eigenvalue weighted by Gasteiger charge is -2.28. The first-order chi connectivity index (χ1) is 7.24. The summed E-state index contributed by atoms with van der Waals surface area (Å²) in [6.45, 7) is 0.0611. The van der Waals surface area contributed by atoms with Gasteiger partial charge in [0.05, 0.1) is 19.2 Å². The van der Waals surface area contributed by atoms with Gasteiger partial charge in [-0.15, -0.1) is 0 Å². The zero-order valence-electron chi connectivity index (χ0n) is 8.66. The van der Waals surface area contributed by atoms with Gasteiger partial charge in [0.25, 0.3) is 0 Å². The summed E-state index contributed by atoms with van der Waals surface area (Å²) in [4.78, 5) is 0. The second kappa shape index (κ2) is 4.67. The first-order valence-electron chi connectivity index (χ1n) is 4.41. The van der Waals surface area contributed by atoms with E-state index in [1.807, 2.05) is 0 Å². The largest absolute Gasteiger partial charge is 0.361 e. The Bertz CT molecular complexity index is 489. The lowest BCUT2D eigenvalue weighted by atomic mass is 10.3. The highest BCUT2D eigenvalue weighted by Gasteiger charge is 2.31. The maximum Gasteiger partial charge on any atom is 0.228 e. The lowest BCUT2D eigenvalue weighted by Crippen LogP contribution is -2.46. The number of sulfonamides is 1. The van der Waals surface area contributed by atoms with E-state index in [0.29, 0.717) is 0 Å². The van der Waals surface area contributed by atoms with Crippen LogP contribution in [0, 0.1) is 11.3 Å². The standard InChI is InChI=1S/C7H12N2O5S2/c1-15(10,11)6-16(12,13)9-2-3-14-7(4-8)5-9/h7H,2-3,5-6H2,1H3. The third-order valence-electron chi connectivity index (χ3n) is 1.93. The molecule has 0 aromatic heterocycles. The molecule has 0 bridgehead atoms. The number of hydrogen-bond donors (Lipinski definition) is 0. The fraction of sp³-hybridized carbons (Fsp3) is 0.857. The van der Waals surface area contributed by atoms with Gasteiger partial charge in [0, 0.05) is 12.8 Å². The molecule has 1 rings (SSSR count). The van der Waals surface area contributed by atoms with E-state index in [-0.39, 0.29) is 19.7 Å². The summed E-state index contributed by atoms with van der Waals surface area (Å²) in [5.41, 5.74) is 0. The molecular formula is C7H12N2O5S2. The Labute approximate surface area is 94.6 Å². The Kier molecular flexibility index (Phi) is 3.90. The number of hydrogen-bond acceptors (Lipinski definition) is 6. The Morgan fingerprint density at radius 1 is 1.44 bits per heavy atom. The van der Waals surface area contributed by atoms with Crippen molar-refractivity contribution in [2.45, 2.75) is 6.10 Å². The predicted molar refractivity (Wildman–Crippen MR) is 55.6 cm³/mol. The fourth-order valence-corrected chi connectivity index (χ4v) is 4.78. The number of ether oxygens (including phenoxy) is 1. The highest BCUT2D eigenvalue weighted by Crippen LogP contribution is 2.11. The van der Waals surface area contributed by atoms with Crippen molar-refractivity contribution in [2.75, 3.05) is 31.0 Å². The second-order valence-electron chi connectivity index (χ2n) is 3.50. The summed E-state index contributed by atoms with van der Waals surface area (Å²) >= 11 is 0. The van der Waals surface area contributed by atoms with Crippen molar-refractivity contribution in [3.05, 3.63) is 0 Å². The molecule has 0 N–H and O–H groups in total. The van der Waals surface area contributed by atoms with Crippen LogP contribution in [0.4, 0.5) is 0 Å². The van der Waals surface area contributed by atoms with Gasteiger partial charge >= 0.3 is 0 Å². The topological polar surface area (TPSA) is 105 Å². The average Bonchev–Trinajstić information content (AvgIpc) is 2.14. The molecule has 7 nitrogen and oxygen atoms in total. The minimum atomic E-state index is -3.87. The van der Waals surface area contributed by atoms with Gasteiger partial charge in [-0.05, 0) is 0 Å². The average molecular weight is 268 g/mol. The Morgan fingerprint density at radius 2 is 2.06 bits per heavy atom.